The van der Waals surface area contributed by atoms with Gasteiger partial charge in [-0.2, -0.15) is 22.0 Å². The maximum Gasteiger partial charge on any atom is 0.461 e. The number of anilines is 1. The van der Waals surface area contributed by atoms with Crippen LogP contribution in [0.15, 0.2) is 60.7 Å². The number of nitrogens with two attached hydrogens (primary N) is 1. The Morgan fingerprint density at radius 2 is 1.62 bits per heavy atom. The van der Waals surface area contributed by atoms with E-state index >= 15 is 0 Å². The molecule has 1 atom stereocenters. The third kappa shape index (κ3) is 9.33. The molecule has 0 radical (unpaired) electrons. The van der Waals surface area contributed by atoms with Crippen molar-refractivity contribution in [2.75, 3.05) is 32.0 Å². The van der Waals surface area contributed by atoms with Gasteiger partial charge < -0.3 is 31.6 Å². The molecule has 15 heteroatoms. The van der Waals surface area contributed by atoms with Crippen LogP contribution in [0.1, 0.15) is 65.8 Å². The van der Waals surface area contributed by atoms with Gasteiger partial charge in [-0.25, -0.2) is 4.98 Å². The lowest BCUT2D eigenvalue weighted by Gasteiger charge is -2.29. The molecule has 294 valence electrons. The van der Waals surface area contributed by atoms with Crippen molar-refractivity contribution in [1.29, 1.82) is 0 Å². The number of aryl methyl sites for hydroxylation is 1. The number of nitrogens with one attached hydrogen (secondary N) is 4. The Morgan fingerprint density at radius 1 is 0.927 bits per heavy atom. The van der Waals surface area contributed by atoms with Gasteiger partial charge in [-0.1, -0.05) is 30.3 Å². The first kappa shape index (κ1) is 39.8. The molecule has 1 unspecified atom stereocenters. The summed E-state index contributed by atoms with van der Waals surface area (Å²) >= 11 is 0. The van der Waals surface area contributed by atoms with E-state index in [0.717, 1.165) is 61.0 Å². The lowest BCUT2D eigenvalue weighted by Crippen LogP contribution is -2.48. The molecule has 55 heavy (non-hydrogen) atoms. The number of carbonyl (C=O) groups excluding carboxylic acids is 3. The Kier molecular flexibility index (Phi) is 11.9. The SMILES string of the molecule is Cc1cc(C(=O)NC2CCN(C)CC2)ccc1-c1ccc(CC(NC(=O)C2CCC(CN)CC2)C(=O)Nc2ccc3nc(C(F)(F)C(F)(F)F)[nH]c3c2)cc1. The largest absolute Gasteiger partial charge is 0.461 e. The summed E-state index contributed by atoms with van der Waals surface area (Å²) in [5, 5.41) is 8.73. The molecule has 1 aromatic heterocycles. The zero-order valence-corrected chi connectivity index (χ0v) is 30.7. The fraction of sp³-hybridized carbons (Fsp3) is 0.450. The van der Waals surface area contributed by atoms with E-state index in [1.54, 1.807) is 6.07 Å². The second kappa shape index (κ2) is 16.5. The Morgan fingerprint density at radius 3 is 2.25 bits per heavy atom. The van der Waals surface area contributed by atoms with E-state index < -0.39 is 29.9 Å². The van der Waals surface area contributed by atoms with Gasteiger partial charge in [0.25, 0.3) is 5.91 Å². The van der Waals surface area contributed by atoms with Gasteiger partial charge in [-0.3, -0.25) is 14.4 Å². The lowest BCUT2D eigenvalue weighted by atomic mass is 9.81. The number of rotatable bonds is 11. The number of amides is 3. The van der Waals surface area contributed by atoms with Gasteiger partial charge in [-0.05, 0) is 131 Å². The third-order valence-corrected chi connectivity index (χ3v) is 10.8. The van der Waals surface area contributed by atoms with Crippen LogP contribution in [0.3, 0.4) is 0 Å². The second-order valence-corrected chi connectivity index (χ2v) is 14.9. The first-order valence-corrected chi connectivity index (χ1v) is 18.6. The molecule has 3 aromatic carbocycles. The van der Waals surface area contributed by atoms with Crippen molar-refractivity contribution < 1.29 is 36.3 Å². The number of fused-ring (bicyclic) bond motifs is 1. The molecule has 1 aliphatic heterocycles. The van der Waals surface area contributed by atoms with E-state index in [1.807, 2.05) is 48.3 Å². The van der Waals surface area contributed by atoms with Crippen LogP contribution < -0.4 is 21.7 Å². The molecule has 1 saturated heterocycles. The fourth-order valence-electron chi connectivity index (χ4n) is 7.37. The summed E-state index contributed by atoms with van der Waals surface area (Å²) in [5.41, 5.74) is 9.74. The number of hydrogen-bond donors (Lipinski definition) is 5. The van der Waals surface area contributed by atoms with Crippen molar-refractivity contribution in [3.05, 3.63) is 83.2 Å². The Labute approximate surface area is 315 Å². The number of carbonyl (C=O) groups is 3. The summed E-state index contributed by atoms with van der Waals surface area (Å²) < 4.78 is 66.8. The van der Waals surface area contributed by atoms with E-state index in [2.05, 4.69) is 32.9 Å². The average molecular weight is 768 g/mol. The molecule has 10 nitrogen and oxygen atoms in total. The van der Waals surface area contributed by atoms with Gasteiger partial charge in [-0.15, -0.1) is 0 Å². The first-order chi connectivity index (χ1) is 26.1. The quantitative estimate of drug-likeness (QED) is 0.111. The highest BCUT2D eigenvalue weighted by atomic mass is 19.4. The molecule has 2 fully saturated rings. The van der Waals surface area contributed by atoms with Crippen LogP contribution in [0.4, 0.5) is 27.6 Å². The van der Waals surface area contributed by atoms with Crippen LogP contribution in [0.25, 0.3) is 22.2 Å². The predicted octanol–water partition coefficient (Wildman–Crippen LogP) is 6.45. The van der Waals surface area contributed by atoms with E-state index in [9.17, 15) is 36.3 Å². The molecule has 1 aliphatic carbocycles. The van der Waals surface area contributed by atoms with Crippen molar-refractivity contribution in [3.63, 3.8) is 0 Å². The second-order valence-electron chi connectivity index (χ2n) is 14.9. The summed E-state index contributed by atoms with van der Waals surface area (Å²) in [6.07, 6.45) is -1.04. The van der Waals surface area contributed by atoms with Crippen LogP contribution in [0.5, 0.6) is 0 Å². The minimum absolute atomic E-state index is 0.101. The van der Waals surface area contributed by atoms with Crippen LogP contribution in [0, 0.1) is 18.8 Å². The Balaban J connectivity index is 1.17. The smallest absolute Gasteiger partial charge is 0.349 e. The minimum Gasteiger partial charge on any atom is -0.349 e. The molecule has 0 spiro atoms. The van der Waals surface area contributed by atoms with E-state index in [0.29, 0.717) is 30.9 Å². The van der Waals surface area contributed by atoms with Gasteiger partial charge in [0.2, 0.25) is 11.8 Å². The summed E-state index contributed by atoms with van der Waals surface area (Å²) in [4.78, 5) is 47.9. The number of H-pyrrole nitrogens is 1. The molecule has 6 N–H and O–H groups in total. The van der Waals surface area contributed by atoms with Crippen LogP contribution in [-0.4, -0.2) is 77.5 Å². The molecule has 1 saturated carbocycles. The van der Waals surface area contributed by atoms with Crippen molar-refractivity contribution in [1.82, 2.24) is 25.5 Å². The number of imidazole rings is 1. The van der Waals surface area contributed by atoms with Crippen LogP contribution in [-0.2, 0) is 21.9 Å². The van der Waals surface area contributed by atoms with Crippen molar-refractivity contribution in [3.8, 4) is 11.1 Å². The standard InChI is InChI=1S/C40H46F5N7O3/c1-23-19-28(36(54)47-29-15-17-52(2)18-16-29)11-13-31(23)26-7-3-24(4-8-26)20-34(49-35(53)27-9-5-25(22-46)6-10-27)37(55)48-30-12-14-32-33(21-30)51-38(50-32)39(41,42)40(43,44)45/h3-4,7-8,11-14,19,21,25,27,29,34H,5-6,9-10,15-18,20,22,46H2,1-2H3,(H,47,54)(H,48,55)(H,49,53)(H,50,51). The number of hydrogen-bond acceptors (Lipinski definition) is 6. The highest BCUT2D eigenvalue weighted by Crippen LogP contribution is 2.43. The molecule has 3 amide bonds. The predicted molar refractivity (Wildman–Crippen MR) is 199 cm³/mol. The van der Waals surface area contributed by atoms with Crippen LogP contribution in [0.2, 0.25) is 0 Å². The number of aromatic nitrogens is 2. The zero-order chi connectivity index (χ0) is 39.5. The molecular formula is C40H46F5N7O3. The normalized spacial score (nSPS) is 19.2. The lowest BCUT2D eigenvalue weighted by molar-refractivity contribution is -0.292. The minimum atomic E-state index is -5.85. The topological polar surface area (TPSA) is 145 Å². The maximum atomic E-state index is 14.0. The van der Waals surface area contributed by atoms with Crippen molar-refractivity contribution in [2.24, 2.45) is 17.6 Å². The first-order valence-electron chi connectivity index (χ1n) is 18.6. The summed E-state index contributed by atoms with van der Waals surface area (Å²) in [6.45, 7) is 4.37. The number of likely N-dealkylation sites (tertiary alicyclic amines) is 1. The van der Waals surface area contributed by atoms with Gasteiger partial charge >= 0.3 is 12.1 Å². The molecule has 4 aromatic rings. The van der Waals surface area contributed by atoms with Gasteiger partial charge in [0.05, 0.1) is 11.0 Å². The Bertz CT molecular complexity index is 2000. The Hall–Kier alpha value is -4.89. The van der Waals surface area contributed by atoms with E-state index in [-0.39, 0.29) is 46.9 Å². The number of piperidine rings is 1. The summed E-state index contributed by atoms with van der Waals surface area (Å²) in [7, 11) is 2.07. The number of benzene rings is 3. The molecule has 0 bridgehead atoms. The fourth-order valence-corrected chi connectivity index (χ4v) is 7.37. The molecule has 2 heterocycles. The van der Waals surface area contributed by atoms with Crippen molar-refractivity contribution in [2.45, 2.75) is 76.1 Å². The molecule has 2 aliphatic rings. The molecule has 6 rings (SSSR count). The number of aromatic amines is 1. The monoisotopic (exact) mass is 767 g/mol. The highest BCUT2D eigenvalue weighted by molar-refractivity contribution is 5.99. The summed E-state index contributed by atoms with van der Waals surface area (Å²) in [6, 6.07) is 16.0. The average Bonchev–Trinajstić information content (AvgIpc) is 3.60. The highest BCUT2D eigenvalue weighted by Gasteiger charge is 2.61. The van der Waals surface area contributed by atoms with Gasteiger partial charge in [0.1, 0.15) is 6.04 Å². The van der Waals surface area contributed by atoms with Gasteiger partial charge in [0.15, 0.2) is 5.82 Å². The van der Waals surface area contributed by atoms with Crippen LogP contribution >= 0.6 is 0 Å². The number of alkyl halides is 5. The molecular weight excluding hydrogens is 721 g/mol. The third-order valence-electron chi connectivity index (χ3n) is 10.8. The number of nitrogens with zero attached hydrogens (tertiary/aromatic N) is 2. The van der Waals surface area contributed by atoms with Gasteiger partial charge in [0, 0.05) is 29.6 Å². The number of halogens is 5. The van der Waals surface area contributed by atoms with Crippen molar-refractivity contribution >= 4 is 34.4 Å². The van der Waals surface area contributed by atoms with E-state index in [4.69, 9.17) is 5.73 Å². The van der Waals surface area contributed by atoms with E-state index in [1.165, 1.54) is 18.2 Å². The maximum absolute atomic E-state index is 14.0. The zero-order valence-electron chi connectivity index (χ0n) is 30.7. The summed E-state index contributed by atoms with van der Waals surface area (Å²) in [5.74, 6) is -7.69.